The molecule has 1 heterocycles. The quantitative estimate of drug-likeness (QED) is 0.494. The summed E-state index contributed by atoms with van der Waals surface area (Å²) in [6.45, 7) is 10.3. The molecule has 1 aromatic carbocycles. The summed E-state index contributed by atoms with van der Waals surface area (Å²) in [5.74, 6) is 1.04. The number of nitrogens with zero attached hydrogens (tertiary/aromatic N) is 1. The maximum absolute atomic E-state index is 12.1. The van der Waals surface area contributed by atoms with E-state index in [1.807, 2.05) is 46.8 Å². The Kier molecular flexibility index (Phi) is 13.2. The van der Waals surface area contributed by atoms with Gasteiger partial charge in [-0.3, -0.25) is 9.59 Å². The van der Waals surface area contributed by atoms with Gasteiger partial charge in [-0.2, -0.15) is 0 Å². The molecule has 0 atom stereocenters. The maximum Gasteiger partial charge on any atom is 0.257 e. The molecule has 0 spiro atoms. The second-order valence-corrected chi connectivity index (χ2v) is 6.35. The number of furan rings is 1. The minimum atomic E-state index is -0.313. The highest BCUT2D eigenvalue weighted by molar-refractivity contribution is 6.07. The Bertz CT molecular complexity index is 901. The monoisotopic (exact) mass is 447 g/mol. The molecule has 0 aliphatic heterocycles. The van der Waals surface area contributed by atoms with Gasteiger partial charge in [-0.25, -0.2) is 0 Å². The summed E-state index contributed by atoms with van der Waals surface area (Å²) >= 11 is 0. The van der Waals surface area contributed by atoms with Gasteiger partial charge in [0, 0.05) is 26.9 Å². The third kappa shape index (κ3) is 7.46. The van der Waals surface area contributed by atoms with E-state index in [1.54, 1.807) is 26.2 Å². The summed E-state index contributed by atoms with van der Waals surface area (Å²) in [7, 11) is 4.22. The van der Waals surface area contributed by atoms with Crippen LogP contribution in [0, 0.1) is 6.92 Å². The highest BCUT2D eigenvalue weighted by Crippen LogP contribution is 2.32. The lowest BCUT2D eigenvalue weighted by atomic mass is 9.98. The first kappa shape index (κ1) is 28.7. The van der Waals surface area contributed by atoms with Crippen LogP contribution in [-0.4, -0.2) is 48.0 Å². The third-order valence-electron chi connectivity index (χ3n) is 4.12. The number of allylic oxidation sites excluding steroid dienone is 2. The number of hydrogen-bond acceptors (Lipinski definition) is 7. The largest absolute Gasteiger partial charge is 0.505 e. The normalized spacial score (nSPS) is 11.5. The zero-order chi connectivity index (χ0) is 24.8. The van der Waals surface area contributed by atoms with Gasteiger partial charge in [-0.1, -0.05) is 33.8 Å². The summed E-state index contributed by atoms with van der Waals surface area (Å²) in [4.78, 5) is 25.5. The Hall–Kier alpha value is -3.26. The van der Waals surface area contributed by atoms with Crippen molar-refractivity contribution in [3.8, 4) is 5.75 Å². The lowest BCUT2D eigenvalue weighted by Crippen LogP contribution is -2.32. The van der Waals surface area contributed by atoms with Crippen LogP contribution < -0.4 is 10.6 Å². The molecule has 0 radical (unpaired) electrons. The van der Waals surface area contributed by atoms with Crippen LogP contribution in [0.1, 0.15) is 56.0 Å². The lowest BCUT2D eigenvalue weighted by molar-refractivity contribution is -0.116. The van der Waals surface area contributed by atoms with Crippen molar-refractivity contribution in [2.75, 3.05) is 26.5 Å². The van der Waals surface area contributed by atoms with Crippen LogP contribution in [0.2, 0.25) is 0 Å². The molecule has 3 rings (SSSR count). The highest BCUT2D eigenvalue weighted by atomic mass is 16.3. The molecule has 8 nitrogen and oxygen atoms in total. The molecule has 1 aliphatic carbocycles. The van der Waals surface area contributed by atoms with Gasteiger partial charge in [-0.05, 0) is 31.2 Å². The Balaban J connectivity index is 0.00000148. The fraction of sp³-hybridized carbons (Fsp3) is 0.417. The number of nitrogens with one attached hydrogen (secondary N) is 2. The molecule has 32 heavy (non-hydrogen) atoms. The molecular formula is C24H37N3O5. The number of rotatable bonds is 6. The van der Waals surface area contributed by atoms with E-state index in [0.29, 0.717) is 24.4 Å². The molecule has 0 saturated heterocycles. The summed E-state index contributed by atoms with van der Waals surface area (Å²) in [5, 5.41) is 23.5. The molecule has 1 aromatic heterocycles. The zero-order valence-corrected chi connectivity index (χ0v) is 20.4. The first-order valence-electron chi connectivity index (χ1n) is 10.7. The van der Waals surface area contributed by atoms with Crippen LogP contribution in [0.4, 0.5) is 5.69 Å². The molecule has 0 unspecified atom stereocenters. The van der Waals surface area contributed by atoms with E-state index in [-0.39, 0.29) is 23.0 Å². The molecule has 8 heteroatoms. The first-order valence-corrected chi connectivity index (χ1v) is 10.7. The number of phenols is 1. The molecular weight excluding hydrogens is 410 g/mol. The van der Waals surface area contributed by atoms with Gasteiger partial charge in [0.15, 0.2) is 11.5 Å². The SMILES string of the molecule is CC.CC.CO.Cc1ccc(CNC2=C(Nc3cccc(C(=O)N(C)C)c3O)C(=O)C2)o1. The summed E-state index contributed by atoms with van der Waals surface area (Å²) in [5.41, 5.74) is 1.62. The van der Waals surface area contributed by atoms with E-state index in [4.69, 9.17) is 9.52 Å². The second kappa shape index (κ2) is 14.7. The number of carbonyl (C=O) groups excluding carboxylic acids is 2. The lowest BCUT2D eigenvalue weighted by Gasteiger charge is -2.25. The van der Waals surface area contributed by atoms with E-state index in [2.05, 4.69) is 10.6 Å². The van der Waals surface area contributed by atoms with Crippen molar-refractivity contribution in [3.63, 3.8) is 0 Å². The van der Waals surface area contributed by atoms with Crippen molar-refractivity contribution in [2.45, 2.75) is 47.6 Å². The van der Waals surface area contributed by atoms with Gasteiger partial charge in [0.1, 0.15) is 17.2 Å². The Morgan fingerprint density at radius 3 is 2.22 bits per heavy atom. The number of aliphatic hydroxyl groups is 1. The maximum atomic E-state index is 12.1. The predicted molar refractivity (Wildman–Crippen MR) is 128 cm³/mol. The van der Waals surface area contributed by atoms with Crippen LogP contribution in [0.15, 0.2) is 46.1 Å². The van der Waals surface area contributed by atoms with Crippen LogP contribution >= 0.6 is 0 Å². The smallest absolute Gasteiger partial charge is 0.257 e. The van der Waals surface area contributed by atoms with Crippen molar-refractivity contribution in [1.82, 2.24) is 10.2 Å². The summed E-state index contributed by atoms with van der Waals surface area (Å²) in [6.07, 6.45) is 0.291. The number of aliphatic hydroxyl groups excluding tert-OH is 1. The van der Waals surface area contributed by atoms with E-state index >= 15 is 0 Å². The predicted octanol–water partition coefficient (Wildman–Crippen LogP) is 4.04. The first-order chi connectivity index (χ1) is 15.4. The number of carbonyl (C=O) groups is 2. The van der Waals surface area contributed by atoms with E-state index in [9.17, 15) is 14.7 Å². The van der Waals surface area contributed by atoms with Gasteiger partial charge in [0.2, 0.25) is 0 Å². The fourth-order valence-corrected chi connectivity index (χ4v) is 2.66. The van der Waals surface area contributed by atoms with E-state index in [0.717, 1.165) is 24.3 Å². The summed E-state index contributed by atoms with van der Waals surface area (Å²) < 4.78 is 5.49. The zero-order valence-electron chi connectivity index (χ0n) is 20.4. The van der Waals surface area contributed by atoms with Crippen LogP contribution in [-0.2, 0) is 11.3 Å². The molecule has 1 amide bonds. The van der Waals surface area contributed by atoms with Crippen LogP contribution in [0.5, 0.6) is 5.75 Å². The second-order valence-electron chi connectivity index (χ2n) is 6.35. The summed E-state index contributed by atoms with van der Waals surface area (Å²) in [6, 6.07) is 8.56. The molecule has 1 aliphatic rings. The standard InChI is InChI=1S/C19H21N3O4.2C2H6.CH4O/c1-11-7-8-12(26-11)10-20-15-9-16(23)17(15)21-14-6-4-5-13(18(14)24)19(25)22(2)3;3*1-2/h4-8,20-21,24H,9-10H2,1-3H3;2*1-2H3;2H,1H3. The third-order valence-corrected chi connectivity index (χ3v) is 4.12. The number of benzene rings is 1. The molecule has 0 fully saturated rings. The van der Waals surface area contributed by atoms with Gasteiger partial charge >= 0.3 is 0 Å². The number of Topliss-reactive ketones (excluding diaryl/α,β-unsaturated/α-hetero) is 1. The Morgan fingerprint density at radius 1 is 1.09 bits per heavy atom. The van der Waals surface area contributed by atoms with Crippen molar-refractivity contribution in [1.29, 1.82) is 0 Å². The Labute approximate surface area is 190 Å². The molecule has 4 N–H and O–H groups in total. The topological polar surface area (TPSA) is 115 Å². The van der Waals surface area contributed by atoms with E-state index in [1.165, 1.54) is 11.0 Å². The number of hydrogen-bond donors (Lipinski definition) is 4. The van der Waals surface area contributed by atoms with Gasteiger partial charge in [0.05, 0.1) is 24.2 Å². The molecule has 0 saturated carbocycles. The van der Waals surface area contributed by atoms with Crippen molar-refractivity contribution in [2.24, 2.45) is 0 Å². The number of para-hydroxylation sites is 1. The van der Waals surface area contributed by atoms with Gasteiger partial charge in [0.25, 0.3) is 5.91 Å². The number of aryl methyl sites for hydroxylation is 1. The Morgan fingerprint density at radius 2 is 1.72 bits per heavy atom. The average Bonchev–Trinajstić information content (AvgIpc) is 3.24. The van der Waals surface area contributed by atoms with Crippen LogP contribution in [0.25, 0.3) is 0 Å². The molecule has 178 valence electrons. The molecule has 0 bridgehead atoms. The van der Waals surface area contributed by atoms with Gasteiger partial charge < -0.3 is 30.2 Å². The van der Waals surface area contributed by atoms with Crippen LogP contribution in [0.3, 0.4) is 0 Å². The van der Waals surface area contributed by atoms with Gasteiger partial charge in [-0.15, -0.1) is 0 Å². The van der Waals surface area contributed by atoms with Crippen molar-refractivity contribution >= 4 is 17.4 Å². The number of anilines is 1. The number of phenolic OH excluding ortho intramolecular Hbond substituents is 1. The van der Waals surface area contributed by atoms with E-state index < -0.39 is 0 Å². The van der Waals surface area contributed by atoms with Crippen molar-refractivity contribution in [3.05, 3.63) is 58.8 Å². The minimum Gasteiger partial charge on any atom is -0.505 e. The van der Waals surface area contributed by atoms with Crippen molar-refractivity contribution < 1.29 is 24.2 Å². The average molecular weight is 448 g/mol. The number of aromatic hydroxyl groups is 1. The number of ketones is 1. The number of amides is 1. The highest BCUT2D eigenvalue weighted by Gasteiger charge is 2.28. The molecule has 2 aromatic rings. The minimum absolute atomic E-state index is 0.0631. The fourth-order valence-electron chi connectivity index (χ4n) is 2.66.